The van der Waals surface area contributed by atoms with Gasteiger partial charge in [-0.05, 0) is 48.6 Å². The second-order valence-corrected chi connectivity index (χ2v) is 7.91. The van der Waals surface area contributed by atoms with Crippen LogP contribution in [-0.2, 0) is 0 Å². The van der Waals surface area contributed by atoms with Gasteiger partial charge in [-0.15, -0.1) is 0 Å². The van der Waals surface area contributed by atoms with Crippen molar-refractivity contribution < 1.29 is 27.4 Å². The van der Waals surface area contributed by atoms with Crippen LogP contribution in [0.2, 0.25) is 5.02 Å². The number of ether oxygens (including phenoxy) is 1. The number of aromatic nitrogens is 1. The Balaban J connectivity index is 2.04. The molecule has 1 aromatic heterocycles. The Kier molecular flexibility index (Phi) is 7.14. The SMILES string of the molecule is CC[C@H](C[C@@](O)(C=Nc1cccc2[nH]c(=O)ccc12)C(F)(F)F)c1ccc(F)c(Cl)c1OC. The fourth-order valence-corrected chi connectivity index (χ4v) is 3.88. The van der Waals surface area contributed by atoms with Crippen LogP contribution < -0.4 is 10.3 Å². The van der Waals surface area contributed by atoms with Gasteiger partial charge in [0, 0.05) is 17.7 Å². The van der Waals surface area contributed by atoms with Crippen molar-refractivity contribution in [2.45, 2.75) is 37.5 Å². The van der Waals surface area contributed by atoms with Gasteiger partial charge in [-0.1, -0.05) is 30.7 Å². The zero-order valence-electron chi connectivity index (χ0n) is 17.7. The number of halogens is 5. The lowest BCUT2D eigenvalue weighted by Crippen LogP contribution is -2.47. The third-order valence-corrected chi connectivity index (χ3v) is 5.78. The highest BCUT2D eigenvalue weighted by Gasteiger charge is 2.53. The normalized spacial score (nSPS) is 15.0. The summed E-state index contributed by atoms with van der Waals surface area (Å²) in [5.41, 5.74) is -2.89. The van der Waals surface area contributed by atoms with Crippen molar-refractivity contribution in [1.29, 1.82) is 0 Å². The van der Waals surface area contributed by atoms with Crippen molar-refractivity contribution in [2.75, 3.05) is 7.11 Å². The van der Waals surface area contributed by atoms with E-state index in [1.54, 1.807) is 13.0 Å². The van der Waals surface area contributed by atoms with E-state index >= 15 is 0 Å². The lowest BCUT2D eigenvalue weighted by atomic mass is 9.84. The van der Waals surface area contributed by atoms with E-state index in [0.717, 1.165) is 6.07 Å². The number of rotatable bonds is 7. The Bertz CT molecular complexity index is 1240. The number of hydrogen-bond donors (Lipinski definition) is 2. The third-order valence-electron chi connectivity index (χ3n) is 5.43. The monoisotopic (exact) mass is 484 g/mol. The maximum atomic E-state index is 14.0. The summed E-state index contributed by atoms with van der Waals surface area (Å²) in [6.45, 7) is 1.64. The summed E-state index contributed by atoms with van der Waals surface area (Å²) < 4.78 is 61.0. The van der Waals surface area contributed by atoms with Gasteiger partial charge in [0.25, 0.3) is 0 Å². The molecule has 3 aromatic rings. The van der Waals surface area contributed by atoms with E-state index in [2.05, 4.69) is 9.98 Å². The number of benzene rings is 2. The van der Waals surface area contributed by atoms with Crippen LogP contribution >= 0.6 is 11.6 Å². The van der Waals surface area contributed by atoms with Gasteiger partial charge in [-0.2, -0.15) is 13.2 Å². The highest BCUT2D eigenvalue weighted by Crippen LogP contribution is 2.43. The maximum Gasteiger partial charge on any atom is 0.422 e. The van der Waals surface area contributed by atoms with Crippen LogP contribution in [0.4, 0.5) is 23.2 Å². The van der Waals surface area contributed by atoms with Crippen LogP contribution in [0.1, 0.15) is 31.2 Å². The first-order valence-corrected chi connectivity index (χ1v) is 10.4. The molecule has 2 aromatic carbocycles. The number of hydrogen-bond acceptors (Lipinski definition) is 4. The lowest BCUT2D eigenvalue weighted by Gasteiger charge is -2.31. The molecule has 0 radical (unpaired) electrons. The molecule has 176 valence electrons. The zero-order chi connectivity index (χ0) is 24.4. The smallest absolute Gasteiger partial charge is 0.422 e. The second-order valence-electron chi connectivity index (χ2n) is 7.53. The average molecular weight is 485 g/mol. The lowest BCUT2D eigenvalue weighted by molar-refractivity contribution is -0.232. The number of alkyl halides is 3. The van der Waals surface area contributed by atoms with Crippen molar-refractivity contribution in [3.63, 3.8) is 0 Å². The number of fused-ring (bicyclic) bond motifs is 1. The molecule has 5 nitrogen and oxygen atoms in total. The number of aromatic amines is 1. The quantitative estimate of drug-likeness (QED) is 0.323. The van der Waals surface area contributed by atoms with Gasteiger partial charge >= 0.3 is 6.18 Å². The Morgan fingerprint density at radius 1 is 1.21 bits per heavy atom. The highest BCUT2D eigenvalue weighted by molar-refractivity contribution is 6.32. The molecule has 0 saturated heterocycles. The number of methoxy groups -OCH3 is 1. The number of nitrogens with zero attached hydrogens (tertiary/aromatic N) is 1. The Hall–Kier alpha value is -2.91. The molecule has 0 aliphatic heterocycles. The Morgan fingerprint density at radius 3 is 2.58 bits per heavy atom. The molecule has 0 unspecified atom stereocenters. The maximum absolute atomic E-state index is 14.0. The molecule has 0 amide bonds. The number of aliphatic hydroxyl groups is 1. The van der Waals surface area contributed by atoms with Gasteiger partial charge in [-0.3, -0.25) is 9.79 Å². The fourth-order valence-electron chi connectivity index (χ4n) is 3.63. The van der Waals surface area contributed by atoms with Gasteiger partial charge in [-0.25, -0.2) is 4.39 Å². The van der Waals surface area contributed by atoms with E-state index in [-0.39, 0.29) is 34.0 Å². The predicted octanol–water partition coefficient (Wildman–Crippen LogP) is 5.91. The molecule has 0 aliphatic carbocycles. The fraction of sp³-hybridized carbons (Fsp3) is 0.304. The minimum Gasteiger partial charge on any atom is -0.495 e. The molecule has 0 aliphatic rings. The summed E-state index contributed by atoms with van der Waals surface area (Å²) in [5.74, 6) is -1.73. The first-order valence-electron chi connectivity index (χ1n) is 9.99. The largest absolute Gasteiger partial charge is 0.495 e. The molecule has 2 atom stereocenters. The van der Waals surface area contributed by atoms with Crippen molar-refractivity contribution in [3.05, 3.63) is 69.2 Å². The molecule has 0 bridgehead atoms. The molecule has 0 spiro atoms. The second kappa shape index (κ2) is 9.52. The Labute approximate surface area is 191 Å². The van der Waals surface area contributed by atoms with Crippen LogP contribution in [0.3, 0.4) is 0 Å². The van der Waals surface area contributed by atoms with E-state index in [1.165, 1.54) is 37.4 Å². The van der Waals surface area contributed by atoms with Crippen molar-refractivity contribution in [3.8, 4) is 5.75 Å². The van der Waals surface area contributed by atoms with E-state index in [4.69, 9.17) is 16.3 Å². The first kappa shape index (κ1) is 24.7. The standard InChI is InChI=1S/C23H21ClF4N2O3/c1-3-13(14-7-9-16(25)20(24)21(14)33-2)11-22(32,23(26,27)28)12-29-17-5-4-6-18-15(17)8-10-19(31)30-18/h4-10,12-13,32H,3,11H2,1-2H3,(H,30,31)/t13-,22-/m1/s1. The van der Waals surface area contributed by atoms with E-state index in [1.807, 2.05) is 0 Å². The van der Waals surface area contributed by atoms with Crippen molar-refractivity contribution in [2.24, 2.45) is 4.99 Å². The molecule has 0 fully saturated rings. The molecule has 10 heteroatoms. The van der Waals surface area contributed by atoms with E-state index in [9.17, 15) is 27.5 Å². The summed E-state index contributed by atoms with van der Waals surface area (Å²) in [6.07, 6.45) is -5.22. The number of aliphatic imine (C=N–C) groups is 1. The number of nitrogens with one attached hydrogen (secondary N) is 1. The van der Waals surface area contributed by atoms with Crippen LogP contribution in [-0.4, -0.2) is 35.2 Å². The average Bonchev–Trinajstić information content (AvgIpc) is 2.76. The van der Waals surface area contributed by atoms with Gasteiger partial charge in [0.1, 0.15) is 16.6 Å². The predicted molar refractivity (Wildman–Crippen MR) is 119 cm³/mol. The number of pyridine rings is 1. The van der Waals surface area contributed by atoms with Crippen LogP contribution in [0.25, 0.3) is 10.9 Å². The third kappa shape index (κ3) is 5.04. The summed E-state index contributed by atoms with van der Waals surface area (Å²) in [5, 5.41) is 10.8. The summed E-state index contributed by atoms with van der Waals surface area (Å²) in [4.78, 5) is 18.0. The molecule has 3 rings (SSSR count). The summed E-state index contributed by atoms with van der Waals surface area (Å²) in [6, 6.07) is 9.58. The molecule has 1 heterocycles. The molecule has 0 saturated carbocycles. The minimum atomic E-state index is -5.06. The van der Waals surface area contributed by atoms with Gasteiger partial charge < -0.3 is 14.8 Å². The van der Waals surface area contributed by atoms with Crippen LogP contribution in [0.15, 0.2) is 52.3 Å². The molecular weight excluding hydrogens is 464 g/mol. The molecular formula is C23H21ClF4N2O3. The van der Waals surface area contributed by atoms with Gasteiger partial charge in [0.05, 0.1) is 18.3 Å². The van der Waals surface area contributed by atoms with Crippen LogP contribution in [0, 0.1) is 5.82 Å². The van der Waals surface area contributed by atoms with Gasteiger partial charge in [0.15, 0.2) is 5.60 Å². The molecule has 2 N–H and O–H groups in total. The molecule has 33 heavy (non-hydrogen) atoms. The minimum absolute atomic E-state index is 0.0806. The highest BCUT2D eigenvalue weighted by atomic mass is 35.5. The first-order chi connectivity index (χ1) is 15.5. The van der Waals surface area contributed by atoms with E-state index < -0.39 is 29.9 Å². The van der Waals surface area contributed by atoms with E-state index in [0.29, 0.717) is 17.1 Å². The summed E-state index contributed by atoms with van der Waals surface area (Å²) in [7, 11) is 1.24. The summed E-state index contributed by atoms with van der Waals surface area (Å²) >= 11 is 5.93. The zero-order valence-corrected chi connectivity index (χ0v) is 18.5. The van der Waals surface area contributed by atoms with Gasteiger partial charge in [0.2, 0.25) is 5.56 Å². The Morgan fingerprint density at radius 2 is 1.94 bits per heavy atom. The van der Waals surface area contributed by atoms with Crippen molar-refractivity contribution >= 4 is 34.4 Å². The van der Waals surface area contributed by atoms with Crippen molar-refractivity contribution in [1.82, 2.24) is 4.98 Å². The topological polar surface area (TPSA) is 74.7 Å². The van der Waals surface area contributed by atoms with Crippen LogP contribution in [0.5, 0.6) is 5.75 Å². The number of H-pyrrole nitrogens is 1.